The fourth-order valence-electron chi connectivity index (χ4n) is 6.03. The molecule has 2 aliphatic heterocycles. The Morgan fingerprint density at radius 1 is 1.19 bits per heavy atom. The monoisotopic (exact) mass is 638 g/mol. The third-order valence-electron chi connectivity index (χ3n) is 8.29. The van der Waals surface area contributed by atoms with Gasteiger partial charge in [-0.05, 0) is 50.5 Å². The molecule has 2 fully saturated rings. The summed E-state index contributed by atoms with van der Waals surface area (Å²) in [7, 11) is -2.29. The van der Waals surface area contributed by atoms with Gasteiger partial charge in [0, 0.05) is 41.8 Å². The quantitative estimate of drug-likeness (QED) is 0.406. The Labute approximate surface area is 252 Å². The first kappa shape index (κ1) is 30.6. The number of carboxylic acid groups (broad SMARTS) is 1. The summed E-state index contributed by atoms with van der Waals surface area (Å²) in [4.78, 5) is 33.6. The third-order valence-corrected chi connectivity index (χ3v) is 11.5. The highest BCUT2D eigenvalue weighted by Crippen LogP contribution is 2.41. The van der Waals surface area contributed by atoms with Gasteiger partial charge in [-0.2, -0.15) is 0 Å². The van der Waals surface area contributed by atoms with E-state index in [9.17, 15) is 27.5 Å². The highest BCUT2D eigenvalue weighted by Gasteiger charge is 2.39. The number of sulfonamides is 1. The predicted molar refractivity (Wildman–Crippen MR) is 156 cm³/mol. The van der Waals surface area contributed by atoms with Crippen molar-refractivity contribution in [3.8, 4) is 0 Å². The number of benzene rings is 1. The molecule has 0 amide bonds. The lowest BCUT2D eigenvalue weighted by atomic mass is 9.83. The van der Waals surface area contributed by atoms with Crippen LogP contribution in [0.15, 0.2) is 46.0 Å². The van der Waals surface area contributed by atoms with Crippen molar-refractivity contribution in [1.82, 2.24) is 14.6 Å². The number of thiazole rings is 1. The Kier molecular flexibility index (Phi) is 9.31. The Hall–Kier alpha value is -2.87. The molecule has 226 valence electrons. The molecule has 1 aromatic carbocycles. The number of aromatic nitrogens is 1. The molecule has 10 nitrogen and oxygen atoms in total. The van der Waals surface area contributed by atoms with Crippen molar-refractivity contribution in [2.24, 2.45) is 22.7 Å². The van der Waals surface area contributed by atoms with Gasteiger partial charge in [0.25, 0.3) is 0 Å². The van der Waals surface area contributed by atoms with Crippen LogP contribution < -0.4 is 5.32 Å². The maximum Gasteiger partial charge on any atom is 0.338 e. The van der Waals surface area contributed by atoms with Crippen LogP contribution in [0.3, 0.4) is 0 Å². The first-order valence-electron chi connectivity index (χ1n) is 13.8. The molecular formula is C28H32ClFN4O6S2. The van der Waals surface area contributed by atoms with Gasteiger partial charge in [0.05, 0.1) is 29.4 Å². The summed E-state index contributed by atoms with van der Waals surface area (Å²) < 4.78 is 47.8. The summed E-state index contributed by atoms with van der Waals surface area (Å²) in [6.45, 7) is 0.512. The van der Waals surface area contributed by atoms with Crippen LogP contribution in [0.4, 0.5) is 4.39 Å². The van der Waals surface area contributed by atoms with Crippen molar-refractivity contribution in [2.45, 2.75) is 44.6 Å². The second kappa shape index (κ2) is 12.8. The lowest BCUT2D eigenvalue weighted by molar-refractivity contribution is -0.143. The number of amidine groups is 1. The van der Waals surface area contributed by atoms with E-state index in [1.54, 1.807) is 17.6 Å². The number of allylic oxidation sites excluding steroid dienone is 1. The first-order valence-corrected chi connectivity index (χ1v) is 16.7. The van der Waals surface area contributed by atoms with Crippen molar-refractivity contribution >= 4 is 50.7 Å². The number of carboxylic acids is 1. The van der Waals surface area contributed by atoms with E-state index in [0.29, 0.717) is 60.6 Å². The Balaban J connectivity index is 1.39. The van der Waals surface area contributed by atoms with Crippen LogP contribution in [-0.2, 0) is 24.3 Å². The maximum atomic E-state index is 14.5. The van der Waals surface area contributed by atoms with Crippen molar-refractivity contribution in [3.63, 3.8) is 0 Å². The topological polar surface area (TPSA) is 138 Å². The van der Waals surface area contributed by atoms with Crippen LogP contribution in [0.2, 0.25) is 5.02 Å². The third kappa shape index (κ3) is 6.38. The molecule has 3 heterocycles. The van der Waals surface area contributed by atoms with Crippen LogP contribution in [0, 0.1) is 23.6 Å². The number of aliphatic carboxylic acids is 1. The molecule has 1 atom stereocenters. The number of hydrogen-bond acceptors (Lipinski definition) is 9. The number of ether oxygens (including phenoxy) is 1. The molecule has 1 saturated heterocycles. The number of rotatable bonds is 8. The summed E-state index contributed by atoms with van der Waals surface area (Å²) in [5.74, 6) is -2.40. The molecule has 1 unspecified atom stereocenters. The Morgan fingerprint density at radius 2 is 1.90 bits per heavy atom. The minimum absolute atomic E-state index is 0.000635. The molecule has 1 aliphatic carbocycles. The number of hydrogen-bond donors (Lipinski definition) is 2. The van der Waals surface area contributed by atoms with Crippen molar-refractivity contribution in [3.05, 3.63) is 62.5 Å². The van der Waals surface area contributed by atoms with Gasteiger partial charge in [-0.15, -0.1) is 11.3 Å². The molecule has 42 heavy (non-hydrogen) atoms. The van der Waals surface area contributed by atoms with E-state index in [-0.39, 0.29) is 41.3 Å². The number of carbonyl (C=O) groups is 2. The van der Waals surface area contributed by atoms with E-state index < -0.39 is 39.7 Å². The first-order chi connectivity index (χ1) is 20.1. The van der Waals surface area contributed by atoms with Crippen molar-refractivity contribution in [1.29, 1.82) is 0 Å². The number of aliphatic imine (C=N–C) groups is 1. The normalized spacial score (nSPS) is 24.2. The van der Waals surface area contributed by atoms with Gasteiger partial charge in [0.2, 0.25) is 10.0 Å². The van der Waals surface area contributed by atoms with Gasteiger partial charge >= 0.3 is 11.9 Å². The molecule has 5 rings (SSSR count). The largest absolute Gasteiger partial charge is 0.481 e. The fraction of sp³-hybridized carbons (Fsp3) is 0.500. The molecule has 0 spiro atoms. The number of esters is 1. The average molecular weight is 639 g/mol. The smallest absolute Gasteiger partial charge is 0.338 e. The number of piperidine rings is 1. The Bertz CT molecular complexity index is 1500. The maximum absolute atomic E-state index is 14.5. The second-order valence-corrected chi connectivity index (χ2v) is 14.1. The Morgan fingerprint density at radius 3 is 2.52 bits per heavy atom. The van der Waals surface area contributed by atoms with Crippen molar-refractivity contribution in [2.75, 3.05) is 26.0 Å². The molecule has 2 aromatic rings. The SMILES string of the molecule is COC(=O)C1=C(C2CCN(S(=O)(=O)CC3CCC(C(=O)O)CC3)CC2)NC(c2nccs2)=NC1c1cccc(F)c1Cl. The summed E-state index contributed by atoms with van der Waals surface area (Å²) in [5.41, 5.74) is 1.04. The summed E-state index contributed by atoms with van der Waals surface area (Å²) in [6.07, 6.45) is 4.64. The van der Waals surface area contributed by atoms with E-state index >= 15 is 0 Å². The lowest BCUT2D eigenvalue weighted by Crippen LogP contribution is -2.44. The molecule has 3 aliphatic rings. The van der Waals surface area contributed by atoms with Gasteiger partial charge in [-0.1, -0.05) is 23.7 Å². The van der Waals surface area contributed by atoms with Crippen LogP contribution in [0.25, 0.3) is 0 Å². The van der Waals surface area contributed by atoms with E-state index in [1.165, 1.54) is 34.9 Å². The number of halogens is 2. The highest BCUT2D eigenvalue weighted by molar-refractivity contribution is 7.89. The number of nitrogens with zero attached hydrogens (tertiary/aromatic N) is 3. The molecular weight excluding hydrogens is 607 g/mol. The van der Waals surface area contributed by atoms with Gasteiger partial charge in [-0.25, -0.2) is 26.9 Å². The predicted octanol–water partition coefficient (Wildman–Crippen LogP) is 4.39. The van der Waals surface area contributed by atoms with Gasteiger partial charge in [0.1, 0.15) is 11.9 Å². The van der Waals surface area contributed by atoms with E-state index in [1.807, 2.05) is 0 Å². The van der Waals surface area contributed by atoms with E-state index in [0.717, 1.165) is 0 Å². The lowest BCUT2D eigenvalue weighted by Gasteiger charge is -2.37. The van der Waals surface area contributed by atoms with Crippen LogP contribution in [0.1, 0.15) is 55.1 Å². The standard InChI is InChI=1S/C28H32ClFN4O6S2/c1-40-28(37)21-23(32-25(26-31-11-14-41-26)33-24(21)19-3-2-4-20(30)22(19)29)17-9-12-34(13-10-17)42(38,39)15-16-5-7-18(8-6-16)27(35)36/h2-4,11,14,16-18,24H,5-10,12-13,15H2,1H3,(H,32,33)(H,35,36). The minimum Gasteiger partial charge on any atom is -0.481 e. The highest BCUT2D eigenvalue weighted by atomic mass is 35.5. The summed E-state index contributed by atoms with van der Waals surface area (Å²) in [6, 6.07) is 3.39. The molecule has 0 bridgehead atoms. The molecule has 0 radical (unpaired) electrons. The van der Waals surface area contributed by atoms with Gasteiger partial charge in [0.15, 0.2) is 10.8 Å². The van der Waals surface area contributed by atoms with E-state index in [4.69, 9.17) is 21.3 Å². The average Bonchev–Trinajstić information content (AvgIpc) is 3.53. The zero-order valence-corrected chi connectivity index (χ0v) is 25.4. The number of nitrogens with one attached hydrogen (secondary N) is 1. The summed E-state index contributed by atoms with van der Waals surface area (Å²) in [5, 5.41) is 14.7. The van der Waals surface area contributed by atoms with Crippen LogP contribution >= 0.6 is 22.9 Å². The zero-order chi connectivity index (χ0) is 30.0. The molecule has 1 saturated carbocycles. The number of methoxy groups -OCH3 is 1. The summed E-state index contributed by atoms with van der Waals surface area (Å²) >= 11 is 7.71. The molecule has 2 N–H and O–H groups in total. The number of carbonyl (C=O) groups excluding carboxylic acids is 1. The van der Waals surface area contributed by atoms with Gasteiger partial charge < -0.3 is 15.2 Å². The minimum atomic E-state index is -3.55. The van der Waals surface area contributed by atoms with E-state index in [2.05, 4.69) is 10.3 Å². The van der Waals surface area contributed by atoms with Gasteiger partial charge in [-0.3, -0.25) is 9.79 Å². The molecule has 1 aromatic heterocycles. The van der Waals surface area contributed by atoms with Crippen LogP contribution in [0.5, 0.6) is 0 Å². The van der Waals surface area contributed by atoms with Crippen LogP contribution in [-0.4, -0.2) is 66.5 Å². The second-order valence-electron chi connectivity index (χ2n) is 10.8. The fourth-order valence-corrected chi connectivity index (χ4v) is 8.75. The molecule has 14 heteroatoms. The zero-order valence-electron chi connectivity index (χ0n) is 23.0. The van der Waals surface area contributed by atoms with Crippen molar-refractivity contribution < 1.29 is 32.2 Å².